The third-order valence-corrected chi connectivity index (χ3v) is 3.48. The quantitative estimate of drug-likeness (QED) is 0.609. The van der Waals surface area contributed by atoms with Crippen molar-refractivity contribution in [3.8, 4) is 0 Å². The lowest BCUT2D eigenvalue weighted by molar-refractivity contribution is 0.139. The van der Waals surface area contributed by atoms with E-state index in [0.29, 0.717) is 11.8 Å². The van der Waals surface area contributed by atoms with Crippen molar-refractivity contribution in [3.63, 3.8) is 0 Å². The summed E-state index contributed by atoms with van der Waals surface area (Å²) in [6.07, 6.45) is 3.18. The molecule has 0 saturated heterocycles. The van der Waals surface area contributed by atoms with Crippen LogP contribution in [0.15, 0.2) is 4.99 Å². The van der Waals surface area contributed by atoms with Crippen molar-refractivity contribution >= 4 is 5.71 Å². The van der Waals surface area contributed by atoms with E-state index in [1.54, 1.807) is 0 Å². The average molecular weight is 181 g/mol. The van der Waals surface area contributed by atoms with Gasteiger partial charge < -0.3 is 5.11 Å². The van der Waals surface area contributed by atoms with Gasteiger partial charge in [0.05, 0.1) is 11.6 Å². The van der Waals surface area contributed by atoms with Crippen LogP contribution in [-0.2, 0) is 0 Å². The van der Waals surface area contributed by atoms with E-state index < -0.39 is 0 Å². The highest BCUT2D eigenvalue weighted by Crippen LogP contribution is 2.42. The molecule has 1 N–H and O–H groups in total. The van der Waals surface area contributed by atoms with Gasteiger partial charge in [-0.25, -0.2) is 0 Å². The minimum absolute atomic E-state index is 0.106. The highest BCUT2D eigenvalue weighted by Gasteiger charge is 2.42. The van der Waals surface area contributed by atoms with Crippen LogP contribution in [0.1, 0.15) is 40.0 Å². The van der Waals surface area contributed by atoms with Crippen LogP contribution in [0.25, 0.3) is 0 Å². The number of fused-ring (bicyclic) bond motifs is 1. The van der Waals surface area contributed by atoms with Gasteiger partial charge in [-0.1, -0.05) is 0 Å². The van der Waals surface area contributed by atoms with Crippen molar-refractivity contribution in [1.82, 2.24) is 0 Å². The molecule has 13 heavy (non-hydrogen) atoms. The molecule has 0 spiro atoms. The summed E-state index contributed by atoms with van der Waals surface area (Å²) >= 11 is 0. The predicted molar refractivity (Wildman–Crippen MR) is 54.0 cm³/mol. The van der Waals surface area contributed by atoms with Gasteiger partial charge in [-0.2, -0.15) is 0 Å². The van der Waals surface area contributed by atoms with Crippen LogP contribution in [-0.4, -0.2) is 22.5 Å². The van der Waals surface area contributed by atoms with Gasteiger partial charge in [-0.3, -0.25) is 4.99 Å². The second-order valence-corrected chi connectivity index (χ2v) is 5.20. The van der Waals surface area contributed by atoms with Crippen LogP contribution in [0.2, 0.25) is 0 Å². The largest absolute Gasteiger partial charge is 0.392 e. The minimum Gasteiger partial charge on any atom is -0.392 e. The first-order valence-corrected chi connectivity index (χ1v) is 5.24. The van der Waals surface area contributed by atoms with Crippen molar-refractivity contribution in [2.75, 3.05) is 0 Å². The molecule has 2 heteroatoms. The summed E-state index contributed by atoms with van der Waals surface area (Å²) in [5, 5.41) is 9.78. The van der Waals surface area contributed by atoms with Gasteiger partial charge in [0.15, 0.2) is 0 Å². The van der Waals surface area contributed by atoms with Gasteiger partial charge in [0.25, 0.3) is 0 Å². The number of aliphatic hydroxyl groups excluding tert-OH is 1. The summed E-state index contributed by atoms with van der Waals surface area (Å²) in [6, 6.07) is 0. The minimum atomic E-state index is -0.121. The highest BCUT2D eigenvalue weighted by atomic mass is 16.3. The Morgan fingerprint density at radius 2 is 2.08 bits per heavy atom. The lowest BCUT2D eigenvalue weighted by atomic mass is 9.78. The zero-order valence-electron chi connectivity index (χ0n) is 8.75. The molecule has 1 aliphatic heterocycles. The molecule has 1 fully saturated rings. The van der Waals surface area contributed by atoms with Crippen LogP contribution in [0.3, 0.4) is 0 Å². The Kier molecular flexibility index (Phi) is 1.99. The van der Waals surface area contributed by atoms with Gasteiger partial charge in [-0.05, 0) is 46.0 Å². The van der Waals surface area contributed by atoms with Crippen molar-refractivity contribution < 1.29 is 5.11 Å². The fraction of sp³-hybridized carbons (Fsp3) is 0.909. The van der Waals surface area contributed by atoms with Gasteiger partial charge in [0, 0.05) is 11.6 Å². The molecule has 74 valence electrons. The molecular formula is C11H19NO. The molecule has 0 aromatic rings. The lowest BCUT2D eigenvalue weighted by Gasteiger charge is -2.35. The Balaban J connectivity index is 2.28. The first-order valence-electron chi connectivity index (χ1n) is 5.24. The van der Waals surface area contributed by atoms with E-state index in [4.69, 9.17) is 0 Å². The van der Waals surface area contributed by atoms with E-state index in [-0.39, 0.29) is 11.6 Å². The Bertz CT molecular complexity index is 244. The number of aliphatic imine (C=N–C) groups is 1. The first kappa shape index (κ1) is 9.20. The predicted octanol–water partition coefficient (Wildman–Crippen LogP) is 2.02. The summed E-state index contributed by atoms with van der Waals surface area (Å²) in [5.74, 6) is 1.05. The molecule has 0 bridgehead atoms. The molecule has 0 radical (unpaired) electrons. The third kappa shape index (κ3) is 1.52. The van der Waals surface area contributed by atoms with Gasteiger partial charge in [0.2, 0.25) is 0 Å². The first-order chi connectivity index (χ1) is 5.99. The van der Waals surface area contributed by atoms with Crippen LogP contribution >= 0.6 is 0 Å². The Morgan fingerprint density at radius 1 is 1.38 bits per heavy atom. The van der Waals surface area contributed by atoms with E-state index in [1.165, 1.54) is 12.1 Å². The molecule has 1 saturated carbocycles. The van der Waals surface area contributed by atoms with E-state index >= 15 is 0 Å². The van der Waals surface area contributed by atoms with Gasteiger partial charge >= 0.3 is 0 Å². The second-order valence-electron chi connectivity index (χ2n) is 5.20. The van der Waals surface area contributed by atoms with E-state index in [2.05, 4.69) is 25.8 Å². The topological polar surface area (TPSA) is 32.6 Å². The van der Waals surface area contributed by atoms with Crippen LogP contribution < -0.4 is 0 Å². The second kappa shape index (κ2) is 2.81. The normalized spacial score (nSPS) is 42.8. The van der Waals surface area contributed by atoms with E-state index in [1.807, 2.05) is 0 Å². The molecule has 0 aromatic carbocycles. The maximum absolute atomic E-state index is 9.78. The monoisotopic (exact) mass is 181 g/mol. The third-order valence-electron chi connectivity index (χ3n) is 3.48. The highest BCUT2D eigenvalue weighted by molar-refractivity contribution is 5.86. The maximum atomic E-state index is 9.78. The smallest absolute Gasteiger partial charge is 0.0623 e. The summed E-state index contributed by atoms with van der Waals surface area (Å²) in [5.41, 5.74) is 1.28. The molecule has 1 aliphatic carbocycles. The fourth-order valence-corrected chi connectivity index (χ4v) is 3.15. The number of nitrogens with zero attached hydrogens (tertiary/aromatic N) is 1. The SMILES string of the molecule is CC1=NC(C)(C)C[C@H]2CC[C@@H](O)[C@@H]12. The standard InChI is InChI=1S/C11H19NO/c1-7-10-8(4-5-9(10)13)6-11(2,3)12-7/h8-10,13H,4-6H2,1-3H3/t8-,9-,10+/m1/s1. The molecule has 0 unspecified atom stereocenters. The van der Waals surface area contributed by atoms with Crippen molar-refractivity contribution in [2.45, 2.75) is 51.7 Å². The number of hydrogen-bond acceptors (Lipinski definition) is 2. The molecule has 2 aliphatic rings. The summed E-state index contributed by atoms with van der Waals surface area (Å²) in [7, 11) is 0. The molecule has 2 nitrogen and oxygen atoms in total. The maximum Gasteiger partial charge on any atom is 0.0623 e. The Hall–Kier alpha value is -0.370. The average Bonchev–Trinajstić information content (AvgIpc) is 2.28. The zero-order chi connectivity index (χ0) is 9.64. The van der Waals surface area contributed by atoms with E-state index in [9.17, 15) is 5.11 Å². The van der Waals surface area contributed by atoms with E-state index in [0.717, 1.165) is 12.8 Å². The van der Waals surface area contributed by atoms with Crippen LogP contribution in [0.5, 0.6) is 0 Å². The summed E-state index contributed by atoms with van der Waals surface area (Å²) < 4.78 is 0. The summed E-state index contributed by atoms with van der Waals surface area (Å²) in [6.45, 7) is 6.46. The lowest BCUT2D eigenvalue weighted by Crippen LogP contribution is -2.37. The van der Waals surface area contributed by atoms with Crippen molar-refractivity contribution in [1.29, 1.82) is 0 Å². The number of rotatable bonds is 0. The molecule has 0 aromatic heterocycles. The molecule has 2 rings (SSSR count). The van der Waals surface area contributed by atoms with Gasteiger partial charge in [-0.15, -0.1) is 0 Å². The zero-order valence-corrected chi connectivity index (χ0v) is 8.75. The molecule has 3 atom stereocenters. The molecule has 1 heterocycles. The number of aliphatic hydroxyl groups is 1. The number of hydrogen-bond donors (Lipinski definition) is 1. The van der Waals surface area contributed by atoms with Crippen molar-refractivity contribution in [3.05, 3.63) is 0 Å². The fourth-order valence-electron chi connectivity index (χ4n) is 3.15. The molecular weight excluding hydrogens is 162 g/mol. The summed E-state index contributed by atoms with van der Waals surface area (Å²) in [4.78, 5) is 4.66. The molecule has 0 amide bonds. The van der Waals surface area contributed by atoms with Crippen LogP contribution in [0, 0.1) is 11.8 Å². The Morgan fingerprint density at radius 3 is 2.77 bits per heavy atom. The van der Waals surface area contributed by atoms with Crippen molar-refractivity contribution in [2.24, 2.45) is 16.8 Å². The Labute approximate surface area is 80.1 Å². The van der Waals surface area contributed by atoms with Crippen LogP contribution in [0.4, 0.5) is 0 Å². The van der Waals surface area contributed by atoms with Gasteiger partial charge in [0.1, 0.15) is 0 Å².